The third-order valence-electron chi connectivity index (χ3n) is 6.45. The van der Waals surface area contributed by atoms with Crippen LogP contribution in [0.1, 0.15) is 12.3 Å². The monoisotopic (exact) mass is 532 g/mol. The van der Waals surface area contributed by atoms with E-state index in [-0.39, 0.29) is 18.1 Å². The lowest BCUT2D eigenvalue weighted by molar-refractivity contribution is -0.233. The first-order valence-corrected chi connectivity index (χ1v) is 11.3. The maximum absolute atomic E-state index is 13.7. The molecule has 2 aromatic heterocycles. The zero-order valence-electron chi connectivity index (χ0n) is 19.2. The summed E-state index contributed by atoms with van der Waals surface area (Å²) >= 11 is 0. The number of hydrogen-bond donors (Lipinski definition) is 3. The summed E-state index contributed by atoms with van der Waals surface area (Å²) in [5.74, 6) is -3.39. The van der Waals surface area contributed by atoms with Crippen molar-refractivity contribution in [3.63, 3.8) is 0 Å². The van der Waals surface area contributed by atoms with E-state index in [4.69, 9.17) is 14.2 Å². The highest BCUT2D eigenvalue weighted by Crippen LogP contribution is 2.39. The van der Waals surface area contributed by atoms with Gasteiger partial charge in [0.2, 0.25) is 6.79 Å². The van der Waals surface area contributed by atoms with Crippen LogP contribution >= 0.6 is 0 Å². The van der Waals surface area contributed by atoms with Crippen LogP contribution in [0.15, 0.2) is 42.7 Å². The van der Waals surface area contributed by atoms with Crippen LogP contribution in [-0.4, -0.2) is 77.0 Å². The lowest BCUT2D eigenvalue weighted by Crippen LogP contribution is -2.54. The van der Waals surface area contributed by atoms with Crippen LogP contribution in [0.4, 0.5) is 13.2 Å². The Kier molecular flexibility index (Phi) is 5.98. The van der Waals surface area contributed by atoms with E-state index in [1.54, 1.807) is 18.2 Å². The van der Waals surface area contributed by atoms with Crippen molar-refractivity contribution >= 4 is 0 Å². The second kappa shape index (κ2) is 9.36. The van der Waals surface area contributed by atoms with E-state index in [2.05, 4.69) is 20.6 Å². The van der Waals surface area contributed by atoms with Gasteiger partial charge in [0.15, 0.2) is 35.2 Å². The number of aromatic nitrogens is 6. The molecule has 0 bridgehead atoms. The van der Waals surface area contributed by atoms with Gasteiger partial charge >= 0.3 is 0 Å². The largest absolute Gasteiger partial charge is 0.454 e. The fourth-order valence-electron chi connectivity index (χ4n) is 4.55. The molecule has 5 atom stereocenters. The van der Waals surface area contributed by atoms with Crippen molar-refractivity contribution in [3.8, 4) is 34.0 Å². The van der Waals surface area contributed by atoms with E-state index < -0.39 is 54.6 Å². The Bertz CT molecular complexity index is 1480. The van der Waals surface area contributed by atoms with Crippen molar-refractivity contribution in [1.82, 2.24) is 30.0 Å². The molecule has 38 heavy (non-hydrogen) atoms. The van der Waals surface area contributed by atoms with Gasteiger partial charge in [0.1, 0.15) is 30.0 Å². The molecule has 1 unspecified atom stereocenters. The maximum atomic E-state index is 13.7. The zero-order chi connectivity index (χ0) is 26.6. The zero-order valence-corrected chi connectivity index (χ0v) is 19.2. The van der Waals surface area contributed by atoms with Crippen LogP contribution in [0.2, 0.25) is 0 Å². The molecule has 4 heterocycles. The molecular weight excluding hydrogens is 513 g/mol. The summed E-state index contributed by atoms with van der Waals surface area (Å²) in [7, 11) is 0. The molecule has 2 aliphatic rings. The topological polar surface area (TPSA) is 150 Å². The molecule has 0 aliphatic carbocycles. The number of hydrogen-bond acceptors (Lipinski definition) is 10. The molecule has 0 spiro atoms. The quantitative estimate of drug-likeness (QED) is 0.320. The predicted molar refractivity (Wildman–Crippen MR) is 119 cm³/mol. The molecule has 4 aromatic rings. The molecule has 6 rings (SSSR count). The second-order valence-corrected chi connectivity index (χ2v) is 8.69. The third-order valence-corrected chi connectivity index (χ3v) is 6.45. The first-order valence-electron chi connectivity index (χ1n) is 11.3. The number of ether oxygens (including phenoxy) is 3. The van der Waals surface area contributed by atoms with Gasteiger partial charge in [-0.25, -0.2) is 22.5 Å². The number of aliphatic hydroxyl groups is 3. The lowest BCUT2D eigenvalue weighted by Gasteiger charge is -2.42. The molecule has 0 saturated carbocycles. The van der Waals surface area contributed by atoms with Gasteiger partial charge in [-0.05, 0) is 30.3 Å². The van der Waals surface area contributed by atoms with Gasteiger partial charge in [0.05, 0.1) is 24.7 Å². The Morgan fingerprint density at radius 1 is 0.947 bits per heavy atom. The van der Waals surface area contributed by atoms with Crippen LogP contribution in [0.3, 0.4) is 0 Å². The Balaban J connectivity index is 1.35. The average Bonchev–Trinajstić information content (AvgIpc) is 3.68. The van der Waals surface area contributed by atoms with Gasteiger partial charge in [0, 0.05) is 11.1 Å². The summed E-state index contributed by atoms with van der Waals surface area (Å²) in [4.78, 5) is 0. The van der Waals surface area contributed by atoms with Crippen LogP contribution in [-0.2, 0) is 4.74 Å². The molecule has 0 amide bonds. The number of aliphatic hydroxyl groups excluding tert-OH is 3. The summed E-state index contributed by atoms with van der Waals surface area (Å²) in [5, 5.41) is 47.8. The predicted octanol–water partition coefficient (Wildman–Crippen LogP) is 1.20. The summed E-state index contributed by atoms with van der Waals surface area (Å²) in [6, 6.07) is 5.39. The molecular formula is C23H19F3N6O6. The molecule has 15 heteroatoms. The minimum atomic E-state index is -1.63. The minimum absolute atomic E-state index is 0.0485. The summed E-state index contributed by atoms with van der Waals surface area (Å²) < 4.78 is 59.8. The van der Waals surface area contributed by atoms with Crippen molar-refractivity contribution in [1.29, 1.82) is 0 Å². The summed E-state index contributed by atoms with van der Waals surface area (Å²) in [6.45, 7) is -0.541. The van der Waals surface area contributed by atoms with E-state index in [9.17, 15) is 28.5 Å². The molecule has 0 radical (unpaired) electrons. The van der Waals surface area contributed by atoms with Crippen molar-refractivity contribution in [2.45, 2.75) is 30.6 Å². The fourth-order valence-corrected chi connectivity index (χ4v) is 4.55. The van der Waals surface area contributed by atoms with Crippen LogP contribution in [0.5, 0.6) is 11.5 Å². The highest BCUT2D eigenvalue weighted by Gasteiger charge is 2.47. The minimum Gasteiger partial charge on any atom is -0.454 e. The van der Waals surface area contributed by atoms with Gasteiger partial charge in [-0.1, -0.05) is 10.4 Å². The number of fused-ring (bicyclic) bond motifs is 1. The SMILES string of the molecule is OC[C@H]1OC(n2nncc2-c2ccc3c(c2)OCO3)[C@H](O)[C@@H](n2cc(-c3cc(F)c(F)c(F)c3)nn2)[C@H]1O. The number of halogens is 3. The molecule has 2 aromatic carbocycles. The summed E-state index contributed by atoms with van der Waals surface area (Å²) in [5.41, 5.74) is 0.880. The molecule has 2 aliphatic heterocycles. The first kappa shape index (κ1) is 24.3. The van der Waals surface area contributed by atoms with Crippen molar-refractivity contribution in [2.75, 3.05) is 13.4 Å². The second-order valence-electron chi connectivity index (χ2n) is 8.69. The van der Waals surface area contributed by atoms with Gasteiger partial charge in [-0.3, -0.25) is 0 Å². The van der Waals surface area contributed by atoms with E-state index in [1.165, 1.54) is 17.1 Å². The van der Waals surface area contributed by atoms with Gasteiger partial charge in [-0.2, -0.15) is 0 Å². The molecule has 198 valence electrons. The van der Waals surface area contributed by atoms with Crippen LogP contribution in [0.25, 0.3) is 22.5 Å². The number of benzene rings is 2. The average molecular weight is 532 g/mol. The van der Waals surface area contributed by atoms with Crippen molar-refractivity contribution < 1.29 is 42.7 Å². The van der Waals surface area contributed by atoms with E-state index in [0.717, 1.165) is 16.8 Å². The highest BCUT2D eigenvalue weighted by atomic mass is 19.2. The Hall–Kier alpha value is -4.05. The molecule has 1 saturated heterocycles. The Morgan fingerprint density at radius 2 is 1.71 bits per heavy atom. The maximum Gasteiger partial charge on any atom is 0.231 e. The Morgan fingerprint density at radius 3 is 2.47 bits per heavy atom. The molecule has 3 N–H and O–H groups in total. The summed E-state index contributed by atoms with van der Waals surface area (Å²) in [6.07, 6.45) is -2.77. The van der Waals surface area contributed by atoms with Gasteiger partial charge in [0.25, 0.3) is 0 Å². The van der Waals surface area contributed by atoms with Crippen molar-refractivity contribution in [3.05, 3.63) is 60.2 Å². The van der Waals surface area contributed by atoms with E-state index in [1.807, 2.05) is 0 Å². The van der Waals surface area contributed by atoms with Crippen molar-refractivity contribution in [2.24, 2.45) is 0 Å². The first-order chi connectivity index (χ1) is 18.4. The van der Waals surface area contributed by atoms with Crippen LogP contribution < -0.4 is 9.47 Å². The van der Waals surface area contributed by atoms with Crippen LogP contribution in [0, 0.1) is 17.5 Å². The van der Waals surface area contributed by atoms with Gasteiger partial charge < -0.3 is 29.5 Å². The lowest BCUT2D eigenvalue weighted by atomic mass is 9.95. The highest BCUT2D eigenvalue weighted by molar-refractivity contribution is 5.64. The number of nitrogens with zero attached hydrogens (tertiary/aromatic N) is 6. The molecule has 12 nitrogen and oxygen atoms in total. The molecule has 1 fully saturated rings. The van der Waals surface area contributed by atoms with E-state index in [0.29, 0.717) is 22.8 Å². The normalized spacial score (nSPS) is 24.6. The number of rotatable bonds is 5. The van der Waals surface area contributed by atoms with E-state index >= 15 is 0 Å². The Labute approximate surface area is 211 Å². The fraction of sp³-hybridized carbons (Fsp3) is 0.304. The standard InChI is InChI=1S/C23H19F3N6O6/c24-12-3-11(4-13(25)19(12)26)14-7-31(30-28-14)20-21(34)18(8-33)38-23(22(20)35)32-15(6-27-29-32)10-1-2-16-17(5-10)37-9-36-16/h1-7,18,20-23,33-35H,8-9H2/t18-,20+,21+,22-,23?/m1/s1. The third kappa shape index (κ3) is 3.96. The van der Waals surface area contributed by atoms with Gasteiger partial charge in [-0.15, -0.1) is 10.2 Å². The smallest absolute Gasteiger partial charge is 0.231 e.